The molecule has 5 nitrogen and oxygen atoms in total. The third-order valence-electron chi connectivity index (χ3n) is 2.43. The molecule has 1 heterocycles. The van der Waals surface area contributed by atoms with Gasteiger partial charge in [0.1, 0.15) is 0 Å². The summed E-state index contributed by atoms with van der Waals surface area (Å²) < 4.78 is 1.81. The monoisotopic (exact) mass is 225 g/mol. The summed E-state index contributed by atoms with van der Waals surface area (Å²) in [5.41, 5.74) is 5.81. The van der Waals surface area contributed by atoms with E-state index in [1.54, 1.807) is 0 Å². The molecule has 0 saturated carbocycles. The van der Waals surface area contributed by atoms with E-state index in [9.17, 15) is 0 Å². The van der Waals surface area contributed by atoms with E-state index in [1.807, 2.05) is 4.68 Å². The minimum atomic E-state index is -0.0491. The van der Waals surface area contributed by atoms with Crippen LogP contribution in [0.15, 0.2) is 0 Å². The lowest BCUT2D eigenvalue weighted by Crippen LogP contribution is -2.27. The maximum atomic E-state index is 5.86. The highest BCUT2D eigenvalue weighted by molar-refractivity contribution is 5.33. The molecule has 0 aliphatic rings. The fourth-order valence-corrected chi connectivity index (χ4v) is 1.63. The summed E-state index contributed by atoms with van der Waals surface area (Å²) in [6.45, 7) is 10.5. The molecule has 5 heteroatoms. The van der Waals surface area contributed by atoms with E-state index in [1.165, 1.54) is 0 Å². The van der Waals surface area contributed by atoms with Gasteiger partial charge in [-0.1, -0.05) is 13.8 Å². The topological polar surface area (TPSA) is 68.8 Å². The Balaban J connectivity index is 2.89. The van der Waals surface area contributed by atoms with Crippen molar-refractivity contribution in [1.29, 1.82) is 0 Å². The van der Waals surface area contributed by atoms with Gasteiger partial charge in [-0.3, -0.25) is 0 Å². The molecule has 0 amide bonds. The zero-order valence-corrected chi connectivity index (χ0v) is 10.9. The van der Waals surface area contributed by atoms with Gasteiger partial charge in [-0.15, -0.1) is 5.10 Å². The van der Waals surface area contributed by atoms with E-state index in [2.05, 4.69) is 50.0 Å². The zero-order valence-electron chi connectivity index (χ0n) is 10.9. The number of nitrogen functional groups attached to an aromatic ring is 1. The van der Waals surface area contributed by atoms with Gasteiger partial charge in [0.05, 0.1) is 6.04 Å². The highest BCUT2D eigenvalue weighted by Crippen LogP contribution is 2.20. The van der Waals surface area contributed by atoms with Gasteiger partial charge < -0.3 is 11.1 Å². The molecule has 1 rings (SSSR count). The zero-order chi connectivity index (χ0) is 12.3. The van der Waals surface area contributed by atoms with Crippen LogP contribution in [0.4, 0.5) is 11.9 Å². The largest absolute Gasteiger partial charge is 0.368 e. The molecule has 0 bridgehead atoms. The molecule has 92 valence electrons. The lowest BCUT2D eigenvalue weighted by Gasteiger charge is -2.19. The molecule has 0 fully saturated rings. The van der Waals surface area contributed by atoms with Gasteiger partial charge in [0.2, 0.25) is 11.9 Å². The fourth-order valence-electron chi connectivity index (χ4n) is 1.63. The predicted molar refractivity (Wildman–Crippen MR) is 67.4 cm³/mol. The quantitative estimate of drug-likeness (QED) is 0.825. The molecular formula is C11H23N5. The first-order valence-electron chi connectivity index (χ1n) is 5.87. The first-order valence-corrected chi connectivity index (χ1v) is 5.87. The number of nitrogens with one attached hydrogen (secondary N) is 1. The Morgan fingerprint density at radius 2 is 1.88 bits per heavy atom. The van der Waals surface area contributed by atoms with Gasteiger partial charge in [0, 0.05) is 5.54 Å². The fraction of sp³-hybridized carbons (Fsp3) is 0.818. The Hall–Kier alpha value is -1.26. The molecule has 0 aromatic carbocycles. The van der Waals surface area contributed by atoms with Crippen molar-refractivity contribution in [3.8, 4) is 0 Å². The number of aromatic nitrogens is 3. The summed E-state index contributed by atoms with van der Waals surface area (Å²) in [5.74, 6) is 1.09. The SMILES string of the molecule is CCC(CC)n1nc(NC(C)(C)C)nc1N. The molecule has 1 aromatic rings. The Morgan fingerprint density at radius 3 is 2.31 bits per heavy atom. The Kier molecular flexibility index (Phi) is 3.78. The van der Waals surface area contributed by atoms with Crippen LogP contribution in [0.2, 0.25) is 0 Å². The van der Waals surface area contributed by atoms with Crippen LogP contribution in [-0.2, 0) is 0 Å². The van der Waals surface area contributed by atoms with Crippen LogP contribution in [0.25, 0.3) is 0 Å². The lowest BCUT2D eigenvalue weighted by atomic mass is 10.1. The van der Waals surface area contributed by atoms with Crippen LogP contribution in [0.3, 0.4) is 0 Å². The second-order valence-corrected chi connectivity index (χ2v) is 5.08. The molecular weight excluding hydrogens is 202 g/mol. The van der Waals surface area contributed by atoms with Gasteiger partial charge in [-0.25, -0.2) is 4.68 Å². The van der Waals surface area contributed by atoms with Crippen molar-refractivity contribution in [2.24, 2.45) is 0 Å². The molecule has 0 unspecified atom stereocenters. The highest BCUT2D eigenvalue weighted by Gasteiger charge is 2.17. The van der Waals surface area contributed by atoms with Crippen molar-refractivity contribution in [3.63, 3.8) is 0 Å². The van der Waals surface area contributed by atoms with Crippen molar-refractivity contribution in [2.45, 2.75) is 59.0 Å². The lowest BCUT2D eigenvalue weighted by molar-refractivity contribution is 0.434. The Bertz CT molecular complexity index is 333. The second kappa shape index (κ2) is 4.72. The van der Waals surface area contributed by atoms with Gasteiger partial charge in [-0.2, -0.15) is 4.98 Å². The molecule has 0 saturated heterocycles. The predicted octanol–water partition coefficient (Wildman–Crippen LogP) is 2.43. The van der Waals surface area contributed by atoms with Crippen molar-refractivity contribution >= 4 is 11.9 Å². The van der Waals surface area contributed by atoms with Gasteiger partial charge in [0.15, 0.2) is 0 Å². The van der Waals surface area contributed by atoms with E-state index in [-0.39, 0.29) is 5.54 Å². The first kappa shape index (κ1) is 12.8. The van der Waals surface area contributed by atoms with Crippen molar-refractivity contribution in [2.75, 3.05) is 11.1 Å². The average Bonchev–Trinajstić information content (AvgIpc) is 2.46. The molecule has 3 N–H and O–H groups in total. The molecule has 0 aliphatic carbocycles. The van der Waals surface area contributed by atoms with Gasteiger partial charge in [0.25, 0.3) is 0 Å². The summed E-state index contributed by atoms with van der Waals surface area (Å²) in [7, 11) is 0. The molecule has 1 aromatic heterocycles. The minimum Gasteiger partial charge on any atom is -0.368 e. The summed E-state index contributed by atoms with van der Waals surface area (Å²) in [6, 6.07) is 0.336. The van der Waals surface area contributed by atoms with Crippen molar-refractivity contribution in [3.05, 3.63) is 0 Å². The molecule has 0 spiro atoms. The van der Waals surface area contributed by atoms with Crippen LogP contribution in [0.1, 0.15) is 53.5 Å². The molecule has 16 heavy (non-hydrogen) atoms. The summed E-state index contributed by atoms with van der Waals surface area (Å²) in [4.78, 5) is 4.23. The van der Waals surface area contributed by atoms with Crippen molar-refractivity contribution in [1.82, 2.24) is 14.8 Å². The normalized spacial score (nSPS) is 12.1. The van der Waals surface area contributed by atoms with E-state index >= 15 is 0 Å². The summed E-state index contributed by atoms with van der Waals surface area (Å²) >= 11 is 0. The second-order valence-electron chi connectivity index (χ2n) is 5.08. The summed E-state index contributed by atoms with van der Waals surface area (Å²) in [5, 5.41) is 7.63. The third kappa shape index (κ3) is 3.12. The van der Waals surface area contributed by atoms with Crippen LogP contribution >= 0.6 is 0 Å². The minimum absolute atomic E-state index is 0.0491. The van der Waals surface area contributed by atoms with Crippen LogP contribution in [0.5, 0.6) is 0 Å². The van der Waals surface area contributed by atoms with Crippen LogP contribution in [-0.4, -0.2) is 20.3 Å². The first-order chi connectivity index (χ1) is 7.37. The number of anilines is 2. The van der Waals surface area contributed by atoms with E-state index < -0.39 is 0 Å². The Labute approximate surface area is 97.4 Å². The maximum absolute atomic E-state index is 5.86. The standard InChI is InChI=1S/C11H23N5/c1-6-8(7-2)16-9(12)13-10(15-16)14-11(3,4)5/h8H,6-7H2,1-5H3,(H3,12,13,14,15). The third-order valence-corrected chi connectivity index (χ3v) is 2.43. The number of rotatable bonds is 4. The number of nitrogens with two attached hydrogens (primary N) is 1. The molecule has 0 aliphatic heterocycles. The van der Waals surface area contributed by atoms with E-state index in [0.29, 0.717) is 17.9 Å². The van der Waals surface area contributed by atoms with E-state index in [0.717, 1.165) is 12.8 Å². The van der Waals surface area contributed by atoms with Gasteiger partial charge in [-0.05, 0) is 33.6 Å². The highest BCUT2D eigenvalue weighted by atomic mass is 15.4. The smallest absolute Gasteiger partial charge is 0.244 e. The number of hydrogen-bond acceptors (Lipinski definition) is 4. The van der Waals surface area contributed by atoms with E-state index in [4.69, 9.17) is 5.73 Å². The average molecular weight is 225 g/mol. The van der Waals surface area contributed by atoms with Crippen LogP contribution < -0.4 is 11.1 Å². The van der Waals surface area contributed by atoms with Gasteiger partial charge >= 0.3 is 0 Å². The van der Waals surface area contributed by atoms with Crippen LogP contribution in [0, 0.1) is 0 Å². The number of nitrogens with zero attached hydrogens (tertiary/aromatic N) is 3. The summed E-state index contributed by atoms with van der Waals surface area (Å²) in [6.07, 6.45) is 2.03. The molecule has 0 radical (unpaired) electrons. The Morgan fingerprint density at radius 1 is 1.31 bits per heavy atom. The van der Waals surface area contributed by atoms with Crippen molar-refractivity contribution < 1.29 is 0 Å². The number of hydrogen-bond donors (Lipinski definition) is 2. The maximum Gasteiger partial charge on any atom is 0.244 e. The molecule has 0 atom stereocenters.